The molecule has 0 atom stereocenters. The number of rotatable bonds is 6. The first-order valence-electron chi connectivity index (χ1n) is 8.63. The Morgan fingerprint density at radius 2 is 2.04 bits per heavy atom. The minimum absolute atomic E-state index is 0.00174. The fourth-order valence-electron chi connectivity index (χ4n) is 2.67. The summed E-state index contributed by atoms with van der Waals surface area (Å²) in [5, 5.41) is 11.0. The quantitative estimate of drug-likeness (QED) is 0.352. The van der Waals surface area contributed by atoms with Gasteiger partial charge in [0.15, 0.2) is 4.80 Å². The third-order valence-corrected chi connectivity index (χ3v) is 4.90. The summed E-state index contributed by atoms with van der Waals surface area (Å²) in [6.45, 7) is 8.03. The lowest BCUT2D eigenvalue weighted by molar-refractivity contribution is -0.384. The second-order valence-electron chi connectivity index (χ2n) is 6.30. The Hall–Kier alpha value is -3.26. The monoisotopic (exact) mass is 397 g/mol. The highest BCUT2D eigenvalue weighted by atomic mass is 32.1. The first kappa shape index (κ1) is 19.5. The summed E-state index contributed by atoms with van der Waals surface area (Å²) in [5.74, 6) is 0.289. The smallest absolute Gasteiger partial charge is 0.279 e. The Balaban J connectivity index is 2.01. The number of carbonyl (C=O) groups is 1. The van der Waals surface area contributed by atoms with Gasteiger partial charge in [0.2, 0.25) is 0 Å². The Kier molecular flexibility index (Phi) is 5.70. The van der Waals surface area contributed by atoms with Gasteiger partial charge in [-0.3, -0.25) is 14.9 Å². The van der Waals surface area contributed by atoms with Crippen molar-refractivity contribution in [1.82, 2.24) is 4.57 Å². The van der Waals surface area contributed by atoms with Gasteiger partial charge in [0.1, 0.15) is 5.75 Å². The maximum Gasteiger partial charge on any atom is 0.279 e. The molecule has 1 aromatic heterocycles. The molecule has 0 saturated heterocycles. The van der Waals surface area contributed by atoms with Crippen LogP contribution in [0.25, 0.3) is 10.2 Å². The van der Waals surface area contributed by atoms with Gasteiger partial charge < -0.3 is 9.30 Å². The lowest BCUT2D eigenvalue weighted by Crippen LogP contribution is -2.16. The van der Waals surface area contributed by atoms with Crippen molar-refractivity contribution in [2.75, 3.05) is 0 Å². The number of hydrogen-bond acceptors (Lipinski definition) is 5. The van der Waals surface area contributed by atoms with Crippen molar-refractivity contribution in [2.24, 2.45) is 4.99 Å². The number of thiazole rings is 1. The van der Waals surface area contributed by atoms with Crippen LogP contribution in [0, 0.1) is 10.1 Å². The van der Waals surface area contributed by atoms with E-state index in [2.05, 4.69) is 11.6 Å². The van der Waals surface area contributed by atoms with Crippen LogP contribution in [0.4, 0.5) is 5.69 Å². The molecule has 3 aromatic rings. The normalized spacial score (nSPS) is 11.8. The Morgan fingerprint density at radius 3 is 2.64 bits per heavy atom. The summed E-state index contributed by atoms with van der Waals surface area (Å²) in [6.07, 6.45) is 1.74. The van der Waals surface area contributed by atoms with Crippen molar-refractivity contribution in [2.45, 2.75) is 26.5 Å². The average molecular weight is 397 g/mol. The Labute approximate surface area is 165 Å². The lowest BCUT2D eigenvalue weighted by Gasteiger charge is -2.09. The second-order valence-corrected chi connectivity index (χ2v) is 7.31. The summed E-state index contributed by atoms with van der Waals surface area (Å²) in [4.78, 5) is 27.9. The first-order valence-corrected chi connectivity index (χ1v) is 9.45. The van der Waals surface area contributed by atoms with Gasteiger partial charge in [0, 0.05) is 24.2 Å². The summed E-state index contributed by atoms with van der Waals surface area (Å²) in [6, 6.07) is 11.4. The van der Waals surface area contributed by atoms with Gasteiger partial charge in [-0.2, -0.15) is 4.99 Å². The third kappa shape index (κ3) is 4.17. The molecule has 0 saturated carbocycles. The number of nitro benzene ring substituents is 1. The number of carbonyl (C=O) groups excluding carboxylic acids is 1. The number of ether oxygens (including phenoxy) is 1. The molecule has 1 amide bonds. The van der Waals surface area contributed by atoms with Crippen molar-refractivity contribution >= 4 is 33.1 Å². The van der Waals surface area contributed by atoms with Crippen molar-refractivity contribution in [3.05, 3.63) is 75.6 Å². The molecule has 28 heavy (non-hydrogen) atoms. The predicted octanol–water partition coefficient (Wildman–Crippen LogP) is 4.33. The molecule has 1 heterocycles. The van der Waals surface area contributed by atoms with E-state index in [-0.39, 0.29) is 11.8 Å². The molecule has 144 valence electrons. The van der Waals surface area contributed by atoms with Crippen LogP contribution in [-0.2, 0) is 6.54 Å². The van der Waals surface area contributed by atoms with E-state index in [1.807, 2.05) is 18.4 Å². The summed E-state index contributed by atoms with van der Waals surface area (Å²) in [7, 11) is 0. The summed E-state index contributed by atoms with van der Waals surface area (Å²) < 4.78 is 8.07. The van der Waals surface area contributed by atoms with Gasteiger partial charge in [0.05, 0.1) is 21.2 Å². The first-order chi connectivity index (χ1) is 13.4. The van der Waals surface area contributed by atoms with Crippen LogP contribution < -0.4 is 9.54 Å². The number of fused-ring (bicyclic) bond motifs is 1. The molecule has 0 aliphatic carbocycles. The molecular weight excluding hydrogens is 378 g/mol. The van der Waals surface area contributed by atoms with E-state index < -0.39 is 10.8 Å². The molecule has 7 nitrogen and oxygen atoms in total. The molecule has 0 radical (unpaired) electrons. The highest BCUT2D eigenvalue weighted by Crippen LogP contribution is 2.23. The van der Waals surface area contributed by atoms with Crippen molar-refractivity contribution in [1.29, 1.82) is 0 Å². The number of hydrogen-bond donors (Lipinski definition) is 0. The molecule has 0 bridgehead atoms. The van der Waals surface area contributed by atoms with Crippen LogP contribution in [0.15, 0.2) is 60.1 Å². The van der Waals surface area contributed by atoms with E-state index in [0.29, 0.717) is 27.4 Å². The largest absolute Gasteiger partial charge is 0.491 e. The van der Waals surface area contributed by atoms with Crippen LogP contribution in [0.2, 0.25) is 0 Å². The highest BCUT2D eigenvalue weighted by Gasteiger charge is 2.13. The van der Waals surface area contributed by atoms with E-state index in [1.54, 1.807) is 36.4 Å². The number of amides is 1. The van der Waals surface area contributed by atoms with Crippen LogP contribution >= 0.6 is 11.3 Å². The minimum Gasteiger partial charge on any atom is -0.491 e. The van der Waals surface area contributed by atoms with Crippen LogP contribution in [0.3, 0.4) is 0 Å². The van der Waals surface area contributed by atoms with Gasteiger partial charge in [0.25, 0.3) is 11.6 Å². The van der Waals surface area contributed by atoms with Gasteiger partial charge >= 0.3 is 0 Å². The predicted molar refractivity (Wildman–Crippen MR) is 109 cm³/mol. The molecule has 0 unspecified atom stereocenters. The third-order valence-electron chi connectivity index (χ3n) is 3.86. The van der Waals surface area contributed by atoms with Gasteiger partial charge in [-0.15, -0.1) is 6.58 Å². The molecule has 8 heteroatoms. The number of nitrogens with zero attached hydrogens (tertiary/aromatic N) is 3. The number of aromatic nitrogens is 1. The average Bonchev–Trinajstić information content (AvgIpc) is 2.98. The fourth-order valence-corrected chi connectivity index (χ4v) is 3.74. The maximum atomic E-state index is 12.6. The maximum absolute atomic E-state index is 12.6. The Morgan fingerprint density at radius 1 is 1.32 bits per heavy atom. The summed E-state index contributed by atoms with van der Waals surface area (Å²) >= 11 is 1.23. The number of benzene rings is 2. The molecule has 2 aromatic carbocycles. The van der Waals surface area contributed by atoms with Crippen LogP contribution in [-0.4, -0.2) is 21.5 Å². The second kappa shape index (κ2) is 8.18. The van der Waals surface area contributed by atoms with Gasteiger partial charge in [-0.05, 0) is 44.2 Å². The lowest BCUT2D eigenvalue weighted by atomic mass is 10.2. The minimum atomic E-state index is -0.445. The van der Waals surface area contributed by atoms with E-state index >= 15 is 0 Å². The van der Waals surface area contributed by atoms with E-state index in [9.17, 15) is 14.9 Å². The molecule has 0 aliphatic heterocycles. The molecular formula is C20H19N3O4S. The SMILES string of the molecule is C=CCn1c(=NC(=O)c2ccc(OC(C)C)cc2)sc2cc([N+](=O)[O-])ccc21. The topological polar surface area (TPSA) is 86.7 Å². The molecule has 0 fully saturated rings. The fraction of sp³-hybridized carbons (Fsp3) is 0.200. The van der Waals surface area contributed by atoms with Crippen LogP contribution in [0.1, 0.15) is 24.2 Å². The van der Waals surface area contributed by atoms with E-state index in [1.165, 1.54) is 23.5 Å². The Bertz CT molecular complexity index is 1110. The summed E-state index contributed by atoms with van der Waals surface area (Å²) in [5.41, 5.74) is 1.20. The van der Waals surface area contributed by atoms with Crippen molar-refractivity contribution in [3.8, 4) is 5.75 Å². The highest BCUT2D eigenvalue weighted by molar-refractivity contribution is 7.16. The number of allylic oxidation sites excluding steroid dienone is 1. The number of non-ortho nitro benzene ring substituents is 1. The van der Waals surface area contributed by atoms with E-state index in [0.717, 1.165) is 5.52 Å². The standard InChI is InChI=1S/C20H19N3O4S/c1-4-11-22-17-10-7-15(23(25)26)12-18(17)28-20(22)21-19(24)14-5-8-16(9-6-14)27-13(2)3/h4-10,12-13H,1,11H2,2-3H3. The molecule has 0 spiro atoms. The van der Waals surface area contributed by atoms with Crippen molar-refractivity contribution < 1.29 is 14.5 Å². The van der Waals surface area contributed by atoms with Crippen LogP contribution in [0.5, 0.6) is 5.75 Å². The van der Waals surface area contributed by atoms with Crippen molar-refractivity contribution in [3.63, 3.8) is 0 Å². The molecule has 3 rings (SSSR count). The molecule has 0 N–H and O–H groups in total. The zero-order chi connectivity index (χ0) is 20.3. The van der Waals surface area contributed by atoms with E-state index in [4.69, 9.17) is 4.74 Å². The zero-order valence-corrected chi connectivity index (χ0v) is 16.3. The zero-order valence-electron chi connectivity index (χ0n) is 15.5. The van der Waals surface area contributed by atoms with Gasteiger partial charge in [-0.1, -0.05) is 17.4 Å². The van der Waals surface area contributed by atoms with Gasteiger partial charge in [-0.25, -0.2) is 0 Å². The number of nitro groups is 1. The molecule has 0 aliphatic rings.